The van der Waals surface area contributed by atoms with Gasteiger partial charge in [-0.15, -0.1) is 0 Å². The Morgan fingerprint density at radius 3 is 1.46 bits per heavy atom. The van der Waals surface area contributed by atoms with Gasteiger partial charge in [-0.25, -0.2) is 0 Å². The van der Waals surface area contributed by atoms with Gasteiger partial charge in [-0.2, -0.15) is 6.42 Å². The van der Waals surface area contributed by atoms with Gasteiger partial charge in [0.15, 0.2) is 0 Å². The van der Waals surface area contributed by atoms with E-state index in [1.807, 2.05) is 48.5 Å². The summed E-state index contributed by atoms with van der Waals surface area (Å²) in [5.41, 5.74) is 0. The Bertz CT molecular complexity index is 739. The molecule has 3 rings (SSSR count). The molecule has 148 valence electrons. The number of likely N-dealkylation sites (N-methyl/N-ethyl adjacent to an activating group) is 2. The van der Waals surface area contributed by atoms with E-state index >= 15 is 0 Å². The average molecular weight is 393 g/mol. The van der Waals surface area contributed by atoms with Gasteiger partial charge >= 0.3 is 23.1 Å². The summed E-state index contributed by atoms with van der Waals surface area (Å²) in [6.07, 6.45) is 2.28. The third kappa shape index (κ3) is 9.24. The van der Waals surface area contributed by atoms with Crippen molar-refractivity contribution in [3.8, 4) is 5.75 Å². The molecule has 28 heavy (non-hydrogen) atoms. The Morgan fingerprint density at radius 2 is 1.14 bits per heavy atom. The van der Waals surface area contributed by atoms with Gasteiger partial charge in [0.1, 0.15) is 13.1 Å². The number of fused-ring (bicyclic) bond motifs is 2. The zero-order chi connectivity index (χ0) is 20.2. The maximum atomic E-state index is 12.1. The van der Waals surface area contributed by atoms with Crippen molar-refractivity contribution in [3.05, 3.63) is 61.5 Å². The molecule has 0 atom stereocenters. The molecule has 0 aliphatic rings. The minimum atomic E-state index is 0. The van der Waals surface area contributed by atoms with Crippen LogP contribution >= 0.6 is 0 Å². The topological polar surface area (TPSA) is 31.9 Å². The predicted octanol–water partition coefficient (Wildman–Crippen LogP) is 1.58. The molecule has 0 aromatic heterocycles. The third-order valence-electron chi connectivity index (χ3n) is 4.20. The molecule has 0 saturated heterocycles. The van der Waals surface area contributed by atoms with Crippen molar-refractivity contribution < 1.29 is 14.9 Å². The molecule has 0 aliphatic heterocycles. The minimum Gasteiger partial charge on any atom is -0.872 e. The fraction of sp³-hybridized carbons (Fsp3) is 0.375. The second-order valence-corrected chi connectivity index (χ2v) is 7.42. The predicted molar refractivity (Wildman–Crippen MR) is 122 cm³/mol. The van der Waals surface area contributed by atoms with E-state index in [0.29, 0.717) is 0 Å². The van der Waals surface area contributed by atoms with Gasteiger partial charge in [0.05, 0.1) is 28.2 Å². The van der Waals surface area contributed by atoms with Crippen molar-refractivity contribution in [2.75, 3.05) is 41.3 Å². The maximum absolute atomic E-state index is 12.1. The third-order valence-corrected chi connectivity index (χ3v) is 4.20. The number of quaternary nitrogens is 2. The van der Waals surface area contributed by atoms with Crippen molar-refractivity contribution in [3.63, 3.8) is 0 Å². The Balaban J connectivity index is 0.000000481. The normalized spacial score (nSPS) is 10.1. The molecular formula is C24H36MgN2O+2. The van der Waals surface area contributed by atoms with E-state index in [0.717, 1.165) is 28.0 Å². The van der Waals surface area contributed by atoms with Crippen LogP contribution in [0.2, 0.25) is 0 Å². The molecule has 2 N–H and O–H groups in total. The van der Waals surface area contributed by atoms with E-state index in [1.165, 1.54) is 29.3 Å². The van der Waals surface area contributed by atoms with Crippen LogP contribution in [0, 0.1) is 6.92 Å². The number of benzene rings is 3. The average Bonchev–Trinajstić information content (AvgIpc) is 2.67. The Labute approximate surface area is 187 Å². The van der Waals surface area contributed by atoms with E-state index in [9.17, 15) is 5.11 Å². The SMILES string of the molecule is C[NH+](C)CC[NH+](C)C.[CH2-]CCC.[Mg+2].[O-]c1c2ccccc2cc2ccccc12. The van der Waals surface area contributed by atoms with Gasteiger partial charge in [-0.05, 0) is 27.6 Å². The van der Waals surface area contributed by atoms with Crippen LogP contribution in [0.5, 0.6) is 5.75 Å². The largest absolute Gasteiger partial charge is 2.00 e. The summed E-state index contributed by atoms with van der Waals surface area (Å²) in [6, 6.07) is 17.5. The van der Waals surface area contributed by atoms with Crippen molar-refractivity contribution in [1.29, 1.82) is 0 Å². The Hall–Kier alpha value is -1.33. The molecule has 3 nitrogen and oxygen atoms in total. The van der Waals surface area contributed by atoms with E-state index in [1.54, 1.807) is 0 Å². The van der Waals surface area contributed by atoms with Gasteiger partial charge in [0.2, 0.25) is 0 Å². The smallest absolute Gasteiger partial charge is 0.872 e. The summed E-state index contributed by atoms with van der Waals surface area (Å²) in [5, 5.41) is 15.7. The van der Waals surface area contributed by atoms with Gasteiger partial charge in [0, 0.05) is 0 Å². The quantitative estimate of drug-likeness (QED) is 0.394. The summed E-state index contributed by atoms with van der Waals surface area (Å²) in [5.74, 6) is 0.128. The number of rotatable bonds is 4. The van der Waals surface area contributed by atoms with E-state index in [4.69, 9.17) is 0 Å². The minimum absolute atomic E-state index is 0. The van der Waals surface area contributed by atoms with Crippen LogP contribution in [0.1, 0.15) is 19.8 Å². The zero-order valence-corrected chi connectivity index (χ0v) is 19.8. The summed E-state index contributed by atoms with van der Waals surface area (Å²) >= 11 is 0. The van der Waals surface area contributed by atoms with Crippen LogP contribution in [-0.2, 0) is 0 Å². The molecule has 0 unspecified atom stereocenters. The van der Waals surface area contributed by atoms with Crippen LogP contribution in [0.3, 0.4) is 0 Å². The molecule has 0 spiro atoms. The first-order valence-corrected chi connectivity index (χ1v) is 9.85. The van der Waals surface area contributed by atoms with Gasteiger partial charge in [-0.1, -0.05) is 67.6 Å². The van der Waals surface area contributed by atoms with Gasteiger partial charge < -0.3 is 21.8 Å². The number of hydrogen-bond acceptors (Lipinski definition) is 1. The molecule has 0 heterocycles. The molecule has 0 amide bonds. The van der Waals surface area contributed by atoms with E-state index < -0.39 is 0 Å². The first-order valence-electron chi connectivity index (χ1n) is 9.85. The van der Waals surface area contributed by atoms with Crippen molar-refractivity contribution in [2.45, 2.75) is 19.8 Å². The van der Waals surface area contributed by atoms with Crippen LogP contribution in [0.4, 0.5) is 0 Å². The molecule has 0 saturated carbocycles. The molecule has 3 aromatic carbocycles. The molecular weight excluding hydrogens is 357 g/mol. The number of nitrogens with one attached hydrogen (secondary N) is 2. The van der Waals surface area contributed by atoms with Gasteiger partial charge in [-0.3, -0.25) is 0 Å². The molecule has 4 heteroatoms. The molecule has 0 bridgehead atoms. The number of unbranched alkanes of at least 4 members (excludes halogenated alkanes) is 1. The summed E-state index contributed by atoms with van der Waals surface area (Å²) < 4.78 is 0. The van der Waals surface area contributed by atoms with Crippen LogP contribution < -0.4 is 14.9 Å². The Morgan fingerprint density at radius 1 is 0.786 bits per heavy atom. The van der Waals surface area contributed by atoms with Crippen LogP contribution in [0.15, 0.2) is 54.6 Å². The van der Waals surface area contributed by atoms with Crippen molar-refractivity contribution in [1.82, 2.24) is 0 Å². The fourth-order valence-corrected chi connectivity index (χ4v) is 2.47. The second-order valence-electron chi connectivity index (χ2n) is 7.42. The maximum Gasteiger partial charge on any atom is 2.00 e. The summed E-state index contributed by atoms with van der Waals surface area (Å²) in [7, 11) is 8.73. The fourth-order valence-electron chi connectivity index (χ4n) is 2.47. The number of hydrogen-bond donors (Lipinski definition) is 2. The van der Waals surface area contributed by atoms with Crippen molar-refractivity contribution >= 4 is 44.6 Å². The second kappa shape index (κ2) is 14.6. The van der Waals surface area contributed by atoms with Crippen LogP contribution in [0.25, 0.3) is 21.5 Å². The molecule has 0 fully saturated rings. The molecule has 3 aromatic rings. The van der Waals surface area contributed by atoms with E-state index in [2.05, 4.69) is 48.1 Å². The van der Waals surface area contributed by atoms with Crippen molar-refractivity contribution in [2.24, 2.45) is 0 Å². The molecule has 0 radical (unpaired) electrons. The first-order chi connectivity index (χ1) is 12.9. The summed E-state index contributed by atoms with van der Waals surface area (Å²) in [6.45, 7) is 8.25. The standard InChI is InChI=1S/C14H10O.C6H16N2.C4H9.Mg/c15-14-12-7-3-1-5-10(12)9-11-6-2-4-8-13(11)14;1-7(2)5-6-8(3)4;1-3-4-2;/h1-9,15H;5-6H2,1-4H3;1,3-4H2,2H3;/q;;-1;+2/p+1. The summed E-state index contributed by atoms with van der Waals surface area (Å²) in [4.78, 5) is 3.07. The first kappa shape index (κ1) is 26.7. The van der Waals surface area contributed by atoms with Gasteiger partial charge in [0.25, 0.3) is 0 Å². The Kier molecular flexibility index (Phi) is 13.9. The van der Waals surface area contributed by atoms with E-state index in [-0.39, 0.29) is 28.8 Å². The monoisotopic (exact) mass is 392 g/mol. The van der Waals surface area contributed by atoms with Crippen LogP contribution in [-0.4, -0.2) is 64.3 Å². The zero-order valence-electron chi connectivity index (χ0n) is 18.3. The molecule has 0 aliphatic carbocycles.